The maximum Gasteiger partial charge on any atom is 0.397 e. The second kappa shape index (κ2) is 8.26. The summed E-state index contributed by atoms with van der Waals surface area (Å²) in [6, 6.07) is 0. The second-order valence-corrected chi connectivity index (χ2v) is 7.20. The Hall–Kier alpha value is -1.14. The molecule has 5 nitrogen and oxygen atoms in total. The molecule has 0 aliphatic carbocycles. The van der Waals surface area contributed by atoms with Crippen molar-refractivity contribution in [3.63, 3.8) is 0 Å². The van der Waals surface area contributed by atoms with Gasteiger partial charge in [0, 0.05) is 13.1 Å². The second-order valence-electron chi connectivity index (χ2n) is 5.84. The van der Waals surface area contributed by atoms with E-state index in [1.165, 1.54) is 0 Å². The highest BCUT2D eigenvalue weighted by Crippen LogP contribution is 2.40. The number of aromatic nitrogens is 3. The lowest BCUT2D eigenvalue weighted by atomic mass is 10.1. The van der Waals surface area contributed by atoms with E-state index in [0.717, 1.165) is 37.0 Å². The number of nitrogens with zero attached hydrogens (tertiary/aromatic N) is 4. The van der Waals surface area contributed by atoms with Crippen LogP contribution in [0.5, 0.6) is 0 Å². The van der Waals surface area contributed by atoms with Crippen LogP contribution in [0.3, 0.4) is 0 Å². The first-order chi connectivity index (χ1) is 12.0. The fraction of sp³-hybridized carbons (Fsp3) is 0.571. The average molecular weight is 462 g/mol. The molecular formula is C14H17BrF5N5S. The summed E-state index contributed by atoms with van der Waals surface area (Å²) in [6.45, 7) is 2.36. The van der Waals surface area contributed by atoms with Gasteiger partial charge in [0.25, 0.3) is 0 Å². The van der Waals surface area contributed by atoms with Crippen molar-refractivity contribution in [1.29, 1.82) is 0 Å². The summed E-state index contributed by atoms with van der Waals surface area (Å²) in [7, 11) is 0. The lowest BCUT2D eigenvalue weighted by molar-refractivity contribution is -0.147. The van der Waals surface area contributed by atoms with Crippen molar-refractivity contribution in [3.8, 4) is 0 Å². The SMILES string of the molecule is CC(c1c(Br)c(F)c2cnc(N)nn12)C(F)(F)F.FC1CCCN(S)C1. The molecule has 0 saturated carbocycles. The molecule has 1 fully saturated rings. The number of halogens is 6. The third kappa shape index (κ3) is 4.77. The Bertz CT molecular complexity index is 760. The number of hydrogen-bond donors (Lipinski definition) is 2. The van der Waals surface area contributed by atoms with Gasteiger partial charge in [-0.1, -0.05) is 12.8 Å². The first-order valence-electron chi connectivity index (χ1n) is 7.65. The van der Waals surface area contributed by atoms with Gasteiger partial charge < -0.3 is 5.73 Å². The van der Waals surface area contributed by atoms with Gasteiger partial charge in [0.15, 0.2) is 5.82 Å². The standard InChI is InChI=1S/C9H7BrF4N4.C5H10FNS/c1-3(9(12,13)14)7-5(10)6(11)4-2-16-8(15)17-18(4)7;6-5-2-1-3-7(8)4-5/h2-3H,1H3,(H2,15,17);5,8H,1-4H2. The van der Waals surface area contributed by atoms with Gasteiger partial charge in [-0.25, -0.2) is 18.3 Å². The Morgan fingerprint density at radius 2 is 2.08 bits per heavy atom. The van der Waals surface area contributed by atoms with Crippen LogP contribution in [0.15, 0.2) is 10.7 Å². The fourth-order valence-electron chi connectivity index (χ4n) is 2.45. The van der Waals surface area contributed by atoms with Crippen molar-refractivity contribution in [2.24, 2.45) is 0 Å². The number of fused-ring (bicyclic) bond motifs is 1. The third-order valence-electron chi connectivity index (χ3n) is 3.86. The Labute approximate surface area is 160 Å². The van der Waals surface area contributed by atoms with Crippen molar-refractivity contribution in [2.75, 3.05) is 18.8 Å². The van der Waals surface area contributed by atoms with E-state index < -0.39 is 24.1 Å². The molecule has 0 amide bonds. The van der Waals surface area contributed by atoms with Crippen LogP contribution >= 0.6 is 28.7 Å². The van der Waals surface area contributed by atoms with Crippen LogP contribution in [0.1, 0.15) is 31.4 Å². The monoisotopic (exact) mass is 461 g/mol. The zero-order valence-corrected chi connectivity index (χ0v) is 16.1. The summed E-state index contributed by atoms with van der Waals surface area (Å²) >= 11 is 6.82. The first kappa shape index (κ1) is 21.2. The average Bonchev–Trinajstić information content (AvgIpc) is 2.77. The molecule has 1 saturated heterocycles. The van der Waals surface area contributed by atoms with Gasteiger partial charge in [0.2, 0.25) is 5.95 Å². The molecule has 0 aromatic carbocycles. The zero-order chi connectivity index (χ0) is 19.6. The number of anilines is 1. The minimum absolute atomic E-state index is 0.165. The van der Waals surface area contributed by atoms with Gasteiger partial charge >= 0.3 is 6.18 Å². The quantitative estimate of drug-likeness (QED) is 0.494. The molecule has 0 radical (unpaired) electrons. The molecule has 146 valence electrons. The van der Waals surface area contributed by atoms with Crippen LogP contribution in [-0.4, -0.2) is 44.3 Å². The van der Waals surface area contributed by atoms with Gasteiger partial charge in [-0.2, -0.15) is 13.2 Å². The molecule has 2 aromatic heterocycles. The molecule has 2 N–H and O–H groups in total. The number of nitrogen functional groups attached to an aromatic ring is 1. The Morgan fingerprint density at radius 1 is 1.42 bits per heavy atom. The number of hydrogen-bond acceptors (Lipinski definition) is 5. The summed E-state index contributed by atoms with van der Waals surface area (Å²) in [5.74, 6) is -2.97. The highest BCUT2D eigenvalue weighted by atomic mass is 79.9. The predicted octanol–water partition coefficient (Wildman–Crippen LogP) is 4.14. The minimum Gasteiger partial charge on any atom is -0.367 e. The van der Waals surface area contributed by atoms with E-state index in [2.05, 4.69) is 38.8 Å². The van der Waals surface area contributed by atoms with Gasteiger partial charge in [0.1, 0.15) is 11.7 Å². The van der Waals surface area contributed by atoms with Gasteiger partial charge in [-0.05, 0) is 35.7 Å². The molecule has 1 aliphatic rings. The topological polar surface area (TPSA) is 59.4 Å². The first-order valence-corrected chi connectivity index (χ1v) is 8.84. The van der Waals surface area contributed by atoms with E-state index in [0.29, 0.717) is 6.54 Å². The number of piperidine rings is 1. The van der Waals surface area contributed by atoms with E-state index in [4.69, 9.17) is 5.73 Å². The van der Waals surface area contributed by atoms with Crippen molar-refractivity contribution in [2.45, 2.75) is 38.0 Å². The molecule has 12 heteroatoms. The Balaban J connectivity index is 0.000000254. The molecule has 26 heavy (non-hydrogen) atoms. The molecule has 2 atom stereocenters. The lowest BCUT2D eigenvalue weighted by Gasteiger charge is -2.22. The van der Waals surface area contributed by atoms with Crippen LogP contribution in [0.4, 0.5) is 27.9 Å². The van der Waals surface area contributed by atoms with Crippen molar-refractivity contribution >= 4 is 40.2 Å². The van der Waals surface area contributed by atoms with Crippen LogP contribution in [0.25, 0.3) is 5.52 Å². The Morgan fingerprint density at radius 3 is 2.58 bits per heavy atom. The predicted molar refractivity (Wildman–Crippen MR) is 94.2 cm³/mol. The van der Waals surface area contributed by atoms with Crippen LogP contribution in [0, 0.1) is 5.82 Å². The molecule has 2 aromatic rings. The molecule has 2 unspecified atom stereocenters. The van der Waals surface area contributed by atoms with Gasteiger partial charge in [-0.3, -0.25) is 4.31 Å². The zero-order valence-electron chi connectivity index (χ0n) is 13.6. The molecule has 0 spiro atoms. The summed E-state index contributed by atoms with van der Waals surface area (Å²) in [5.41, 5.74) is 4.79. The number of thiol groups is 1. The Kier molecular flexibility index (Phi) is 6.72. The van der Waals surface area contributed by atoms with E-state index in [-0.39, 0.29) is 21.6 Å². The molecule has 3 heterocycles. The van der Waals surface area contributed by atoms with Gasteiger partial charge in [-0.15, -0.1) is 5.10 Å². The number of nitrogens with two attached hydrogens (primary N) is 1. The van der Waals surface area contributed by atoms with E-state index in [9.17, 15) is 22.0 Å². The van der Waals surface area contributed by atoms with E-state index in [1.54, 1.807) is 4.31 Å². The molecule has 1 aliphatic heterocycles. The number of alkyl halides is 4. The summed E-state index contributed by atoms with van der Waals surface area (Å²) in [6.07, 6.45) is -2.44. The molecule has 3 rings (SSSR count). The summed E-state index contributed by atoms with van der Waals surface area (Å²) in [5, 5.41) is 3.61. The summed E-state index contributed by atoms with van der Waals surface area (Å²) in [4.78, 5) is 3.55. The van der Waals surface area contributed by atoms with Gasteiger partial charge in [0.05, 0.1) is 22.3 Å². The fourth-order valence-corrected chi connectivity index (χ4v) is 3.48. The van der Waals surface area contributed by atoms with Crippen LogP contribution in [-0.2, 0) is 0 Å². The highest BCUT2D eigenvalue weighted by Gasteiger charge is 2.41. The van der Waals surface area contributed by atoms with Crippen molar-refractivity contribution in [1.82, 2.24) is 18.9 Å². The summed E-state index contributed by atoms with van der Waals surface area (Å²) < 4.78 is 66.5. The minimum atomic E-state index is -4.51. The lowest BCUT2D eigenvalue weighted by Crippen LogP contribution is -2.29. The highest BCUT2D eigenvalue weighted by molar-refractivity contribution is 9.10. The molecular weight excluding hydrogens is 445 g/mol. The smallest absolute Gasteiger partial charge is 0.367 e. The van der Waals surface area contributed by atoms with E-state index in [1.807, 2.05) is 0 Å². The normalized spacial score (nSPS) is 19.9. The van der Waals surface area contributed by atoms with Crippen LogP contribution < -0.4 is 5.73 Å². The van der Waals surface area contributed by atoms with Crippen molar-refractivity contribution < 1.29 is 22.0 Å². The van der Waals surface area contributed by atoms with Crippen LogP contribution in [0.2, 0.25) is 0 Å². The maximum absolute atomic E-state index is 13.7. The third-order valence-corrected chi connectivity index (χ3v) is 4.98. The largest absolute Gasteiger partial charge is 0.397 e. The maximum atomic E-state index is 13.7. The molecule has 0 bridgehead atoms. The van der Waals surface area contributed by atoms with E-state index >= 15 is 0 Å². The number of rotatable bonds is 1. The van der Waals surface area contributed by atoms with Crippen molar-refractivity contribution in [3.05, 3.63) is 22.2 Å².